The van der Waals surface area contributed by atoms with Crippen LogP contribution in [0.2, 0.25) is 5.02 Å². The van der Waals surface area contributed by atoms with Gasteiger partial charge in [-0.2, -0.15) is 0 Å². The number of carbonyl (C=O) groups excluding carboxylic acids is 3. The summed E-state index contributed by atoms with van der Waals surface area (Å²) in [7, 11) is 0. The standard InChI is InChI=1S/C22H25ClN4O4S/c1-13-12-32-20(22(30)25-17-7-4-15(23)10-24-17)19(13)26-21(29)14-2-5-16(6-3-14)27-8-9-31-11-18(27)28/h4,7,10,12,14,16H,2-3,5-6,8-9,11H2,1H3,(H,26,29)(H,24,25,30). The van der Waals surface area contributed by atoms with E-state index in [1.807, 2.05) is 17.2 Å². The SMILES string of the molecule is Cc1csc(C(=O)Nc2ccc(Cl)cn2)c1NC(=O)C1CCC(N2CCOCC2=O)CC1. The Labute approximate surface area is 195 Å². The molecule has 0 radical (unpaired) electrons. The van der Waals surface area contributed by atoms with Crippen molar-refractivity contribution in [2.75, 3.05) is 30.4 Å². The normalized spacial score (nSPS) is 21.3. The van der Waals surface area contributed by atoms with Gasteiger partial charge in [0, 0.05) is 24.7 Å². The molecule has 1 aliphatic heterocycles. The highest BCUT2D eigenvalue weighted by Gasteiger charge is 2.33. The lowest BCUT2D eigenvalue weighted by molar-refractivity contribution is -0.146. The predicted molar refractivity (Wildman–Crippen MR) is 123 cm³/mol. The van der Waals surface area contributed by atoms with Crippen molar-refractivity contribution in [3.8, 4) is 0 Å². The highest BCUT2D eigenvalue weighted by Crippen LogP contribution is 2.32. The van der Waals surface area contributed by atoms with Gasteiger partial charge >= 0.3 is 0 Å². The molecule has 8 nitrogen and oxygen atoms in total. The highest BCUT2D eigenvalue weighted by atomic mass is 35.5. The van der Waals surface area contributed by atoms with Crippen molar-refractivity contribution < 1.29 is 19.1 Å². The Morgan fingerprint density at radius 1 is 1.22 bits per heavy atom. The van der Waals surface area contributed by atoms with Gasteiger partial charge in [-0.05, 0) is 55.7 Å². The molecule has 0 atom stereocenters. The van der Waals surface area contributed by atoms with Crippen LogP contribution in [0.15, 0.2) is 23.7 Å². The summed E-state index contributed by atoms with van der Waals surface area (Å²) >= 11 is 7.12. The van der Waals surface area contributed by atoms with Crippen LogP contribution >= 0.6 is 22.9 Å². The van der Waals surface area contributed by atoms with Crippen LogP contribution in [0.4, 0.5) is 11.5 Å². The fraction of sp³-hybridized carbons (Fsp3) is 0.455. The summed E-state index contributed by atoms with van der Waals surface area (Å²) in [5.74, 6) is -0.141. The molecule has 0 bridgehead atoms. The van der Waals surface area contributed by atoms with Crippen LogP contribution in [0.1, 0.15) is 40.9 Å². The molecule has 4 rings (SSSR count). The van der Waals surface area contributed by atoms with E-state index >= 15 is 0 Å². The van der Waals surface area contributed by atoms with E-state index in [0.717, 1.165) is 18.4 Å². The second-order valence-corrected chi connectivity index (χ2v) is 9.39. The first-order valence-electron chi connectivity index (χ1n) is 10.6. The summed E-state index contributed by atoms with van der Waals surface area (Å²) in [5.41, 5.74) is 1.38. The van der Waals surface area contributed by atoms with E-state index in [9.17, 15) is 14.4 Å². The Balaban J connectivity index is 1.36. The number of aromatic nitrogens is 1. The number of carbonyl (C=O) groups is 3. The van der Waals surface area contributed by atoms with E-state index in [1.165, 1.54) is 17.5 Å². The third-order valence-electron chi connectivity index (χ3n) is 5.93. The molecule has 3 amide bonds. The first kappa shape index (κ1) is 22.7. The maximum Gasteiger partial charge on any atom is 0.269 e. The van der Waals surface area contributed by atoms with Gasteiger partial charge in [-0.15, -0.1) is 11.3 Å². The Morgan fingerprint density at radius 3 is 2.69 bits per heavy atom. The Bertz CT molecular complexity index is 1000. The predicted octanol–water partition coefficient (Wildman–Crippen LogP) is 3.71. The Kier molecular flexibility index (Phi) is 7.07. The van der Waals surface area contributed by atoms with E-state index in [0.29, 0.717) is 47.4 Å². The van der Waals surface area contributed by atoms with Gasteiger partial charge in [-0.25, -0.2) is 4.98 Å². The van der Waals surface area contributed by atoms with Crippen LogP contribution in [-0.2, 0) is 14.3 Å². The molecule has 2 aromatic heterocycles. The maximum absolute atomic E-state index is 13.0. The van der Waals surface area contributed by atoms with Crippen LogP contribution in [0.3, 0.4) is 0 Å². The van der Waals surface area contributed by atoms with Gasteiger partial charge in [0.25, 0.3) is 5.91 Å². The van der Waals surface area contributed by atoms with Crippen molar-refractivity contribution in [1.29, 1.82) is 0 Å². The number of thiophene rings is 1. The van der Waals surface area contributed by atoms with Crippen LogP contribution < -0.4 is 10.6 Å². The van der Waals surface area contributed by atoms with Crippen LogP contribution in [0.25, 0.3) is 0 Å². The maximum atomic E-state index is 13.0. The minimum atomic E-state index is -0.331. The number of nitrogens with one attached hydrogen (secondary N) is 2. The summed E-state index contributed by atoms with van der Waals surface area (Å²) in [6.45, 7) is 3.20. The monoisotopic (exact) mass is 476 g/mol. The molecule has 0 unspecified atom stereocenters. The van der Waals surface area contributed by atoms with Crippen molar-refractivity contribution in [2.45, 2.75) is 38.6 Å². The number of amides is 3. The topological polar surface area (TPSA) is 101 Å². The summed E-state index contributed by atoms with van der Waals surface area (Å²) < 4.78 is 5.21. The molecule has 1 saturated carbocycles. The molecule has 2 fully saturated rings. The average Bonchev–Trinajstić information content (AvgIpc) is 3.16. The van der Waals surface area contributed by atoms with Crippen LogP contribution in [-0.4, -0.2) is 53.4 Å². The van der Waals surface area contributed by atoms with E-state index in [-0.39, 0.29) is 36.3 Å². The first-order valence-corrected chi connectivity index (χ1v) is 11.9. The number of rotatable bonds is 5. The minimum absolute atomic E-state index is 0.0314. The van der Waals surface area contributed by atoms with E-state index in [1.54, 1.807) is 12.1 Å². The van der Waals surface area contributed by atoms with Crippen molar-refractivity contribution in [1.82, 2.24) is 9.88 Å². The number of ether oxygens (including phenoxy) is 1. The lowest BCUT2D eigenvalue weighted by atomic mass is 9.84. The highest BCUT2D eigenvalue weighted by molar-refractivity contribution is 7.13. The molecule has 2 aliphatic rings. The number of anilines is 2. The molecule has 32 heavy (non-hydrogen) atoms. The van der Waals surface area contributed by atoms with Crippen LogP contribution in [0, 0.1) is 12.8 Å². The number of halogens is 1. The fourth-order valence-corrected chi connectivity index (χ4v) is 5.19. The quantitative estimate of drug-likeness (QED) is 0.685. The number of hydrogen-bond acceptors (Lipinski definition) is 6. The molecule has 2 N–H and O–H groups in total. The minimum Gasteiger partial charge on any atom is -0.370 e. The molecule has 170 valence electrons. The number of morpholine rings is 1. The smallest absolute Gasteiger partial charge is 0.269 e. The number of nitrogens with zero attached hydrogens (tertiary/aromatic N) is 2. The molecule has 1 saturated heterocycles. The summed E-state index contributed by atoms with van der Waals surface area (Å²) in [6, 6.07) is 3.44. The lowest BCUT2D eigenvalue weighted by Gasteiger charge is -2.38. The van der Waals surface area contributed by atoms with Gasteiger partial charge in [-0.1, -0.05) is 11.6 Å². The lowest BCUT2D eigenvalue weighted by Crippen LogP contribution is -2.49. The van der Waals surface area contributed by atoms with Gasteiger partial charge < -0.3 is 20.3 Å². The van der Waals surface area contributed by atoms with Gasteiger partial charge in [-0.3, -0.25) is 14.4 Å². The van der Waals surface area contributed by atoms with Gasteiger partial charge in [0.15, 0.2) is 0 Å². The number of pyridine rings is 1. The second-order valence-electron chi connectivity index (χ2n) is 8.07. The number of hydrogen-bond donors (Lipinski definition) is 2. The van der Waals surface area contributed by atoms with E-state index in [2.05, 4.69) is 15.6 Å². The second kappa shape index (κ2) is 9.97. The third kappa shape index (κ3) is 5.11. The fourth-order valence-electron chi connectivity index (χ4n) is 4.18. The molecule has 0 aromatic carbocycles. The van der Waals surface area contributed by atoms with Crippen molar-refractivity contribution in [2.24, 2.45) is 5.92 Å². The van der Waals surface area contributed by atoms with Gasteiger partial charge in [0.1, 0.15) is 17.3 Å². The van der Waals surface area contributed by atoms with E-state index < -0.39 is 0 Å². The number of aryl methyl sites for hydroxylation is 1. The van der Waals surface area contributed by atoms with Gasteiger partial charge in [0.2, 0.25) is 11.8 Å². The van der Waals surface area contributed by atoms with Crippen molar-refractivity contribution in [3.05, 3.63) is 39.2 Å². The average molecular weight is 477 g/mol. The molecule has 2 aromatic rings. The summed E-state index contributed by atoms with van der Waals surface area (Å²) in [6.07, 6.45) is 4.46. The molecule has 10 heteroatoms. The molecular weight excluding hydrogens is 452 g/mol. The van der Waals surface area contributed by atoms with Crippen LogP contribution in [0.5, 0.6) is 0 Å². The first-order chi connectivity index (χ1) is 15.4. The Morgan fingerprint density at radius 2 is 2.00 bits per heavy atom. The zero-order chi connectivity index (χ0) is 22.7. The largest absolute Gasteiger partial charge is 0.370 e. The Hall–Kier alpha value is -2.49. The van der Waals surface area contributed by atoms with Crippen molar-refractivity contribution in [3.63, 3.8) is 0 Å². The molecule has 0 spiro atoms. The zero-order valence-electron chi connectivity index (χ0n) is 17.7. The molecule has 1 aliphatic carbocycles. The van der Waals surface area contributed by atoms with Crippen molar-refractivity contribution >= 4 is 52.2 Å². The zero-order valence-corrected chi connectivity index (χ0v) is 19.3. The molecule has 3 heterocycles. The van der Waals surface area contributed by atoms with Gasteiger partial charge in [0.05, 0.1) is 17.3 Å². The van der Waals surface area contributed by atoms with E-state index in [4.69, 9.17) is 16.3 Å². The summed E-state index contributed by atoms with van der Waals surface area (Å²) in [4.78, 5) is 44.2. The summed E-state index contributed by atoms with van der Waals surface area (Å²) in [5, 5.41) is 8.05. The molecular formula is C22H25ClN4O4S. The third-order valence-corrected chi connectivity index (χ3v) is 7.25.